The molecule has 5 N–H and O–H groups in total. The van der Waals surface area contributed by atoms with Crippen LogP contribution in [0.4, 0.5) is 0 Å². The van der Waals surface area contributed by atoms with Gasteiger partial charge in [-0.05, 0) is 31.2 Å². The summed E-state index contributed by atoms with van der Waals surface area (Å²) in [7, 11) is 0. The van der Waals surface area contributed by atoms with Gasteiger partial charge in [0.15, 0.2) is 0 Å². The van der Waals surface area contributed by atoms with Crippen LogP contribution in [0.3, 0.4) is 0 Å². The van der Waals surface area contributed by atoms with Gasteiger partial charge < -0.3 is 21.1 Å². The van der Waals surface area contributed by atoms with Gasteiger partial charge >= 0.3 is 0 Å². The normalized spacial score (nSPS) is 14.9. The number of hydrogen-bond donors (Lipinski definition) is 4. The molecule has 2 atom stereocenters. The number of hydrogen-bond acceptors (Lipinski definition) is 4. The maximum atomic E-state index is 9.74. The average molecular weight is 276 g/mol. The Hall–Kier alpha value is -0.620. The van der Waals surface area contributed by atoms with E-state index in [9.17, 15) is 15.3 Å². The maximum absolute atomic E-state index is 9.74. The first-order valence-corrected chi connectivity index (χ1v) is 5.40. The molecule has 0 aliphatic heterocycles. The van der Waals surface area contributed by atoms with Crippen molar-refractivity contribution in [3.05, 3.63) is 28.2 Å². The number of phenols is 1. The first-order valence-electron chi connectivity index (χ1n) is 4.61. The van der Waals surface area contributed by atoms with E-state index >= 15 is 0 Å². The largest absolute Gasteiger partial charge is 0.508 e. The van der Waals surface area contributed by atoms with E-state index < -0.39 is 12.2 Å². The number of aliphatic hydroxyl groups excluding tert-OH is 2. The first-order chi connectivity index (χ1) is 7.06. The molecule has 1 rings (SSSR count). The van der Waals surface area contributed by atoms with Gasteiger partial charge in [0.05, 0.1) is 6.10 Å². The van der Waals surface area contributed by atoms with Gasteiger partial charge in [0.2, 0.25) is 0 Å². The molecule has 0 saturated carbocycles. The topological polar surface area (TPSA) is 86.7 Å². The molecular formula is C10H14BrNO3. The summed E-state index contributed by atoms with van der Waals surface area (Å²) in [5, 5.41) is 28.8. The van der Waals surface area contributed by atoms with Crippen LogP contribution in [0, 0.1) is 0 Å². The molecule has 1 aromatic rings. The number of nitrogens with two attached hydrogens (primary N) is 1. The van der Waals surface area contributed by atoms with Crippen molar-refractivity contribution in [2.24, 2.45) is 5.73 Å². The second-order valence-corrected chi connectivity index (χ2v) is 4.21. The van der Waals surface area contributed by atoms with Crippen LogP contribution in [0.5, 0.6) is 5.75 Å². The lowest BCUT2D eigenvalue weighted by molar-refractivity contribution is 0.0137. The molecule has 0 aliphatic carbocycles. The van der Waals surface area contributed by atoms with E-state index in [1.807, 2.05) is 0 Å². The predicted molar refractivity (Wildman–Crippen MR) is 60.4 cm³/mol. The molecule has 0 spiro atoms. The molecule has 0 heterocycles. The van der Waals surface area contributed by atoms with E-state index in [2.05, 4.69) is 15.9 Å². The van der Waals surface area contributed by atoms with Crippen molar-refractivity contribution in [3.63, 3.8) is 0 Å². The SMILES string of the molecule is NCCC(O)C(O)c1cc(Br)ccc1O. The molecule has 5 heteroatoms. The third kappa shape index (κ3) is 3.17. The fourth-order valence-electron chi connectivity index (χ4n) is 1.30. The van der Waals surface area contributed by atoms with E-state index in [1.54, 1.807) is 12.1 Å². The van der Waals surface area contributed by atoms with E-state index in [1.165, 1.54) is 6.07 Å². The van der Waals surface area contributed by atoms with Gasteiger partial charge in [0.1, 0.15) is 11.9 Å². The molecule has 15 heavy (non-hydrogen) atoms. The van der Waals surface area contributed by atoms with Crippen LogP contribution >= 0.6 is 15.9 Å². The average Bonchev–Trinajstić information content (AvgIpc) is 2.21. The van der Waals surface area contributed by atoms with E-state index in [0.29, 0.717) is 5.56 Å². The minimum Gasteiger partial charge on any atom is -0.508 e. The van der Waals surface area contributed by atoms with Gasteiger partial charge in [0.25, 0.3) is 0 Å². The smallest absolute Gasteiger partial charge is 0.121 e. The summed E-state index contributed by atoms with van der Waals surface area (Å²) in [5.41, 5.74) is 5.57. The molecule has 0 aliphatic rings. The van der Waals surface area contributed by atoms with Crippen molar-refractivity contribution in [2.75, 3.05) is 6.54 Å². The summed E-state index contributed by atoms with van der Waals surface area (Å²) < 4.78 is 0.731. The second kappa shape index (κ2) is 5.46. The Morgan fingerprint density at radius 2 is 2.00 bits per heavy atom. The zero-order valence-corrected chi connectivity index (χ0v) is 9.68. The van der Waals surface area contributed by atoms with Gasteiger partial charge in [-0.25, -0.2) is 0 Å². The number of rotatable bonds is 4. The molecule has 0 amide bonds. The van der Waals surface area contributed by atoms with E-state index in [0.717, 1.165) is 4.47 Å². The number of benzene rings is 1. The van der Waals surface area contributed by atoms with Crippen LogP contribution in [0.15, 0.2) is 22.7 Å². The lowest BCUT2D eigenvalue weighted by Gasteiger charge is -2.18. The molecule has 0 saturated heterocycles. The molecule has 2 unspecified atom stereocenters. The lowest BCUT2D eigenvalue weighted by atomic mass is 10.0. The maximum Gasteiger partial charge on any atom is 0.121 e. The molecule has 84 valence electrons. The summed E-state index contributed by atoms with van der Waals surface area (Å²) >= 11 is 3.22. The molecule has 0 aromatic heterocycles. The Bertz CT molecular complexity index is 332. The number of aliphatic hydroxyl groups is 2. The zero-order chi connectivity index (χ0) is 11.4. The van der Waals surface area contributed by atoms with Crippen LogP contribution in [-0.2, 0) is 0 Å². The van der Waals surface area contributed by atoms with Crippen molar-refractivity contribution >= 4 is 15.9 Å². The summed E-state index contributed by atoms with van der Waals surface area (Å²) in [6, 6.07) is 4.68. The van der Waals surface area contributed by atoms with Crippen LogP contribution in [-0.4, -0.2) is 28.0 Å². The highest BCUT2D eigenvalue weighted by molar-refractivity contribution is 9.10. The molecule has 0 radical (unpaired) electrons. The van der Waals surface area contributed by atoms with Crippen molar-refractivity contribution in [1.82, 2.24) is 0 Å². The predicted octanol–water partition coefficient (Wildman–Crippen LogP) is 0.898. The Morgan fingerprint density at radius 1 is 1.33 bits per heavy atom. The number of phenolic OH excluding ortho intramolecular Hbond substituents is 1. The highest BCUT2D eigenvalue weighted by atomic mass is 79.9. The highest BCUT2D eigenvalue weighted by Gasteiger charge is 2.20. The Morgan fingerprint density at radius 3 is 2.60 bits per heavy atom. The highest BCUT2D eigenvalue weighted by Crippen LogP contribution is 2.29. The third-order valence-corrected chi connectivity index (χ3v) is 2.63. The zero-order valence-electron chi connectivity index (χ0n) is 8.10. The van der Waals surface area contributed by atoms with Gasteiger partial charge in [-0.3, -0.25) is 0 Å². The minimum atomic E-state index is -1.12. The monoisotopic (exact) mass is 275 g/mol. The third-order valence-electron chi connectivity index (χ3n) is 2.14. The standard InChI is InChI=1S/C10H14BrNO3/c11-6-1-2-8(13)7(5-6)10(15)9(14)3-4-12/h1-2,5,9-10,13-15H,3-4,12H2. The fraction of sp³-hybridized carbons (Fsp3) is 0.400. The van der Waals surface area contributed by atoms with Crippen molar-refractivity contribution in [3.8, 4) is 5.75 Å². The summed E-state index contributed by atoms with van der Waals surface area (Å²) in [5.74, 6) is -0.0400. The molecule has 4 nitrogen and oxygen atoms in total. The van der Waals surface area contributed by atoms with Crippen molar-refractivity contribution in [2.45, 2.75) is 18.6 Å². The van der Waals surface area contributed by atoms with Gasteiger partial charge in [0, 0.05) is 10.0 Å². The second-order valence-electron chi connectivity index (χ2n) is 3.29. The fourth-order valence-corrected chi connectivity index (χ4v) is 1.68. The van der Waals surface area contributed by atoms with Crippen LogP contribution in [0.1, 0.15) is 18.1 Å². The van der Waals surface area contributed by atoms with Crippen LogP contribution in [0.2, 0.25) is 0 Å². The van der Waals surface area contributed by atoms with Crippen molar-refractivity contribution < 1.29 is 15.3 Å². The van der Waals surface area contributed by atoms with Gasteiger partial charge in [-0.2, -0.15) is 0 Å². The Balaban J connectivity index is 2.89. The van der Waals surface area contributed by atoms with Gasteiger partial charge in [-0.1, -0.05) is 15.9 Å². The molecular weight excluding hydrogens is 262 g/mol. The number of halogens is 1. The summed E-state index contributed by atoms with van der Waals surface area (Å²) in [4.78, 5) is 0. The molecule has 0 fully saturated rings. The first kappa shape index (κ1) is 12.4. The van der Waals surface area contributed by atoms with Crippen LogP contribution < -0.4 is 5.73 Å². The summed E-state index contributed by atoms with van der Waals surface area (Å²) in [6.45, 7) is 0.285. The van der Waals surface area contributed by atoms with Gasteiger partial charge in [-0.15, -0.1) is 0 Å². The lowest BCUT2D eigenvalue weighted by Crippen LogP contribution is -2.21. The minimum absolute atomic E-state index is 0.0400. The number of aromatic hydroxyl groups is 1. The Kier molecular flexibility index (Phi) is 4.53. The Labute approximate surface area is 96.5 Å². The summed E-state index contributed by atoms with van der Waals surface area (Å²) in [6.07, 6.45) is -1.80. The molecule has 1 aromatic carbocycles. The molecule has 0 bridgehead atoms. The quantitative estimate of drug-likeness (QED) is 0.658. The van der Waals surface area contributed by atoms with E-state index in [4.69, 9.17) is 5.73 Å². The van der Waals surface area contributed by atoms with Crippen LogP contribution in [0.25, 0.3) is 0 Å². The van der Waals surface area contributed by atoms with Crippen molar-refractivity contribution in [1.29, 1.82) is 0 Å². The van der Waals surface area contributed by atoms with E-state index in [-0.39, 0.29) is 18.7 Å².